The Hall–Kier alpha value is -2.01. The molecule has 0 amide bonds. The number of allylic oxidation sites excluding steroid dienone is 2. The third-order valence-electron chi connectivity index (χ3n) is 7.27. The van der Waals surface area contributed by atoms with Gasteiger partial charge in [-0.3, -0.25) is 0 Å². The predicted octanol–water partition coefficient (Wildman–Crippen LogP) is 7.91. The van der Waals surface area contributed by atoms with Crippen LogP contribution in [0.4, 0.5) is 0 Å². The van der Waals surface area contributed by atoms with Gasteiger partial charge in [-0.25, -0.2) is 4.79 Å². The number of esters is 1. The number of hydrogen-bond donors (Lipinski definition) is 0. The molecule has 0 radical (unpaired) electrons. The zero-order valence-corrected chi connectivity index (χ0v) is 20.3. The standard InChI is InChI=1S/C30H42O2/c1-3-5-9-25-12-14-26(15-13-25)10-6-7-11-27-18-22-29(23-19-27)32-30(31)28-20-16-24(8-4-2)17-21-28/h6,10,16-17,20-21,25-27,29H,3-5,8-9,12-15,18-19,22-23H2,1-2H3/b10-6+. The van der Waals surface area contributed by atoms with E-state index >= 15 is 0 Å². The van der Waals surface area contributed by atoms with E-state index in [1.807, 2.05) is 24.3 Å². The Labute approximate surface area is 196 Å². The second-order valence-corrected chi connectivity index (χ2v) is 9.90. The molecule has 2 aliphatic carbocycles. The van der Waals surface area contributed by atoms with Gasteiger partial charge in [-0.05, 0) is 93.4 Å². The van der Waals surface area contributed by atoms with E-state index in [2.05, 4.69) is 37.8 Å². The predicted molar refractivity (Wildman–Crippen MR) is 133 cm³/mol. The van der Waals surface area contributed by atoms with Crippen LogP contribution in [0.1, 0.15) is 107 Å². The monoisotopic (exact) mass is 434 g/mol. The molecule has 1 aromatic carbocycles. The minimum atomic E-state index is -0.185. The van der Waals surface area contributed by atoms with Gasteiger partial charge in [0.2, 0.25) is 0 Å². The SMILES string of the molecule is CCCCC1CCC(/C=C/C#CC2CCC(OC(=O)c3ccc(CCC)cc3)CC2)CC1. The molecule has 0 atom stereocenters. The quantitative estimate of drug-likeness (QED) is 0.307. The summed E-state index contributed by atoms with van der Waals surface area (Å²) in [6, 6.07) is 7.87. The molecule has 2 heteroatoms. The first-order valence-electron chi connectivity index (χ1n) is 13.2. The average molecular weight is 435 g/mol. The lowest BCUT2D eigenvalue weighted by atomic mass is 9.80. The molecule has 0 spiro atoms. The summed E-state index contributed by atoms with van der Waals surface area (Å²) in [6.07, 6.45) is 20.2. The molecule has 0 aliphatic heterocycles. The number of rotatable bonds is 8. The molecular formula is C30H42O2. The summed E-state index contributed by atoms with van der Waals surface area (Å²) in [5.41, 5.74) is 1.94. The van der Waals surface area contributed by atoms with Crippen molar-refractivity contribution < 1.29 is 9.53 Å². The number of unbranched alkanes of at least 4 members (excludes halogenated alkanes) is 1. The zero-order valence-electron chi connectivity index (χ0n) is 20.3. The maximum absolute atomic E-state index is 12.4. The Balaban J connectivity index is 1.34. The Bertz CT molecular complexity index is 763. The molecule has 0 unspecified atom stereocenters. The van der Waals surface area contributed by atoms with Crippen LogP contribution in [-0.4, -0.2) is 12.1 Å². The molecule has 0 bridgehead atoms. The Morgan fingerprint density at radius 1 is 0.969 bits per heavy atom. The van der Waals surface area contributed by atoms with Crippen molar-refractivity contribution in [2.75, 3.05) is 0 Å². The second-order valence-electron chi connectivity index (χ2n) is 9.90. The summed E-state index contributed by atoms with van der Waals surface area (Å²) in [4.78, 5) is 12.4. The van der Waals surface area contributed by atoms with Gasteiger partial charge >= 0.3 is 5.97 Å². The van der Waals surface area contributed by atoms with Crippen LogP contribution in [0.2, 0.25) is 0 Å². The van der Waals surface area contributed by atoms with Crippen LogP contribution >= 0.6 is 0 Å². The summed E-state index contributed by atoms with van der Waals surface area (Å²) in [7, 11) is 0. The number of aryl methyl sites for hydroxylation is 1. The van der Waals surface area contributed by atoms with E-state index < -0.39 is 0 Å². The maximum Gasteiger partial charge on any atom is 0.338 e. The fraction of sp³-hybridized carbons (Fsp3) is 0.633. The van der Waals surface area contributed by atoms with Crippen LogP contribution in [0.5, 0.6) is 0 Å². The molecule has 2 fully saturated rings. The lowest BCUT2D eigenvalue weighted by Gasteiger charge is -2.26. The van der Waals surface area contributed by atoms with Gasteiger partial charge in [0, 0.05) is 5.92 Å². The van der Waals surface area contributed by atoms with E-state index in [0.717, 1.165) is 50.4 Å². The number of carbonyl (C=O) groups is 1. The number of benzene rings is 1. The molecule has 3 rings (SSSR count). The normalized spacial score (nSPS) is 25.8. The minimum absolute atomic E-state index is 0.0364. The van der Waals surface area contributed by atoms with Crippen LogP contribution in [0, 0.1) is 29.6 Å². The van der Waals surface area contributed by atoms with Crippen molar-refractivity contribution in [3.05, 3.63) is 47.5 Å². The van der Waals surface area contributed by atoms with Crippen LogP contribution < -0.4 is 0 Å². The van der Waals surface area contributed by atoms with E-state index in [1.54, 1.807) is 0 Å². The Kier molecular flexibility index (Phi) is 10.4. The van der Waals surface area contributed by atoms with Crippen LogP contribution in [0.25, 0.3) is 0 Å². The second kappa shape index (κ2) is 13.5. The van der Waals surface area contributed by atoms with Gasteiger partial charge in [0.15, 0.2) is 0 Å². The molecular weight excluding hydrogens is 392 g/mol. The lowest BCUT2D eigenvalue weighted by molar-refractivity contribution is 0.0188. The van der Waals surface area contributed by atoms with Gasteiger partial charge in [0.25, 0.3) is 0 Å². The smallest absolute Gasteiger partial charge is 0.338 e. The fourth-order valence-electron chi connectivity index (χ4n) is 5.15. The van der Waals surface area contributed by atoms with E-state index in [9.17, 15) is 4.79 Å². The Morgan fingerprint density at radius 3 is 2.34 bits per heavy atom. The highest BCUT2D eigenvalue weighted by Gasteiger charge is 2.23. The third kappa shape index (κ3) is 8.16. The molecule has 0 saturated heterocycles. The van der Waals surface area contributed by atoms with Gasteiger partial charge in [-0.2, -0.15) is 0 Å². The van der Waals surface area contributed by atoms with Crippen molar-refractivity contribution in [3.8, 4) is 11.8 Å². The molecule has 0 N–H and O–H groups in total. The van der Waals surface area contributed by atoms with Gasteiger partial charge in [-0.1, -0.05) is 69.6 Å². The average Bonchev–Trinajstić information content (AvgIpc) is 2.83. The molecule has 0 aromatic heterocycles. The molecule has 2 aliphatic rings. The molecule has 32 heavy (non-hydrogen) atoms. The lowest BCUT2D eigenvalue weighted by Crippen LogP contribution is -2.24. The van der Waals surface area contributed by atoms with Crippen molar-refractivity contribution in [1.82, 2.24) is 0 Å². The maximum atomic E-state index is 12.4. The van der Waals surface area contributed by atoms with Crippen molar-refractivity contribution in [3.63, 3.8) is 0 Å². The topological polar surface area (TPSA) is 26.3 Å². The highest BCUT2D eigenvalue weighted by Crippen LogP contribution is 2.32. The summed E-state index contributed by atoms with van der Waals surface area (Å²) < 4.78 is 5.76. The first-order chi connectivity index (χ1) is 15.7. The van der Waals surface area contributed by atoms with Gasteiger partial charge in [-0.15, -0.1) is 0 Å². The van der Waals surface area contributed by atoms with Crippen molar-refractivity contribution in [2.24, 2.45) is 17.8 Å². The molecule has 0 heterocycles. The van der Waals surface area contributed by atoms with Gasteiger partial charge < -0.3 is 4.74 Å². The molecule has 2 nitrogen and oxygen atoms in total. The van der Waals surface area contributed by atoms with Crippen LogP contribution in [0.15, 0.2) is 36.4 Å². The van der Waals surface area contributed by atoms with Crippen molar-refractivity contribution >= 4 is 5.97 Å². The first-order valence-corrected chi connectivity index (χ1v) is 13.2. The van der Waals surface area contributed by atoms with Gasteiger partial charge in [0.1, 0.15) is 6.10 Å². The zero-order chi connectivity index (χ0) is 22.6. The van der Waals surface area contributed by atoms with E-state index in [-0.39, 0.29) is 12.1 Å². The van der Waals surface area contributed by atoms with E-state index in [4.69, 9.17) is 4.74 Å². The van der Waals surface area contributed by atoms with Gasteiger partial charge in [0.05, 0.1) is 5.56 Å². The minimum Gasteiger partial charge on any atom is -0.459 e. The highest BCUT2D eigenvalue weighted by atomic mass is 16.5. The number of ether oxygens (including phenoxy) is 1. The summed E-state index contributed by atoms with van der Waals surface area (Å²) in [5, 5.41) is 0. The number of carbonyl (C=O) groups excluding carboxylic acids is 1. The fourth-order valence-corrected chi connectivity index (χ4v) is 5.15. The number of hydrogen-bond acceptors (Lipinski definition) is 2. The first kappa shape index (κ1) is 24.6. The third-order valence-corrected chi connectivity index (χ3v) is 7.27. The largest absolute Gasteiger partial charge is 0.459 e. The molecule has 2 saturated carbocycles. The molecule has 1 aromatic rings. The van der Waals surface area contributed by atoms with Crippen molar-refractivity contribution in [2.45, 2.75) is 103 Å². The van der Waals surface area contributed by atoms with E-state index in [1.165, 1.54) is 50.5 Å². The van der Waals surface area contributed by atoms with Crippen LogP contribution in [-0.2, 0) is 11.2 Å². The highest BCUT2D eigenvalue weighted by molar-refractivity contribution is 5.89. The molecule has 174 valence electrons. The van der Waals surface area contributed by atoms with Crippen LogP contribution in [0.3, 0.4) is 0 Å². The summed E-state index contributed by atoms with van der Waals surface area (Å²) >= 11 is 0. The summed E-state index contributed by atoms with van der Waals surface area (Å²) in [6.45, 7) is 4.46. The Morgan fingerprint density at radius 2 is 1.69 bits per heavy atom. The summed E-state index contributed by atoms with van der Waals surface area (Å²) in [5.74, 6) is 8.70. The van der Waals surface area contributed by atoms with Crippen molar-refractivity contribution in [1.29, 1.82) is 0 Å². The van der Waals surface area contributed by atoms with E-state index in [0.29, 0.717) is 11.5 Å².